The third kappa shape index (κ3) is 6.47. The summed E-state index contributed by atoms with van der Waals surface area (Å²) in [6.45, 7) is 6.01. The number of rotatable bonds is 12. The van der Waals surface area contributed by atoms with Crippen molar-refractivity contribution in [3.05, 3.63) is 35.4 Å². The molecule has 0 aliphatic heterocycles. The van der Waals surface area contributed by atoms with E-state index < -0.39 is 11.4 Å². The number of hydrogen-bond acceptors (Lipinski definition) is 6. The van der Waals surface area contributed by atoms with Crippen molar-refractivity contribution in [2.75, 3.05) is 26.2 Å². The molecular weight excluding hydrogens is 304 g/mol. The van der Waals surface area contributed by atoms with Gasteiger partial charge in [-0.25, -0.2) is 0 Å². The Labute approximate surface area is 145 Å². The summed E-state index contributed by atoms with van der Waals surface area (Å²) in [5, 5.41) is 28.0. The molecule has 1 rings (SSSR count). The maximum absolute atomic E-state index is 10.8. The van der Waals surface area contributed by atoms with Gasteiger partial charge in [-0.2, -0.15) is 0 Å². The molecule has 138 valence electrons. The molecule has 0 spiro atoms. The zero-order valence-corrected chi connectivity index (χ0v) is 15.0. The number of hydrogen-bond donors (Lipinski definition) is 6. The SMILES string of the molecule is CC(O)(NCCCCN)c1ccccc1C(C)(O)NCCCCN. The van der Waals surface area contributed by atoms with Gasteiger partial charge in [-0.3, -0.25) is 10.6 Å². The van der Waals surface area contributed by atoms with Gasteiger partial charge >= 0.3 is 0 Å². The van der Waals surface area contributed by atoms with Crippen LogP contribution < -0.4 is 22.1 Å². The van der Waals surface area contributed by atoms with Crippen LogP contribution in [0.1, 0.15) is 50.7 Å². The van der Waals surface area contributed by atoms with Gasteiger partial charge in [0.05, 0.1) is 0 Å². The van der Waals surface area contributed by atoms with Gasteiger partial charge < -0.3 is 21.7 Å². The van der Waals surface area contributed by atoms with Crippen LogP contribution in [-0.2, 0) is 11.4 Å². The van der Waals surface area contributed by atoms with Crippen LogP contribution in [0.3, 0.4) is 0 Å². The quantitative estimate of drug-likeness (QED) is 0.246. The first-order valence-electron chi connectivity index (χ1n) is 8.80. The maximum Gasteiger partial charge on any atom is 0.139 e. The first-order chi connectivity index (χ1) is 11.3. The Bertz CT molecular complexity index is 435. The van der Waals surface area contributed by atoms with Gasteiger partial charge in [0.25, 0.3) is 0 Å². The molecule has 0 saturated carbocycles. The van der Waals surface area contributed by atoms with Crippen molar-refractivity contribution in [3.63, 3.8) is 0 Å². The van der Waals surface area contributed by atoms with E-state index in [1.807, 2.05) is 24.3 Å². The van der Waals surface area contributed by atoms with Crippen molar-refractivity contribution in [3.8, 4) is 0 Å². The summed E-state index contributed by atoms with van der Waals surface area (Å²) < 4.78 is 0. The Kier molecular flexibility index (Phi) is 8.83. The summed E-state index contributed by atoms with van der Waals surface area (Å²) in [6, 6.07) is 7.39. The molecule has 0 aliphatic carbocycles. The zero-order chi connectivity index (χ0) is 18.1. The molecule has 2 atom stereocenters. The Balaban J connectivity index is 2.85. The van der Waals surface area contributed by atoms with Crippen LogP contribution in [0.15, 0.2) is 24.3 Å². The van der Waals surface area contributed by atoms with Crippen LogP contribution in [-0.4, -0.2) is 36.4 Å². The highest BCUT2D eigenvalue weighted by molar-refractivity contribution is 5.35. The predicted molar refractivity (Wildman–Crippen MR) is 98.2 cm³/mol. The van der Waals surface area contributed by atoms with Crippen molar-refractivity contribution in [1.82, 2.24) is 10.6 Å². The highest BCUT2D eigenvalue weighted by Crippen LogP contribution is 2.29. The summed E-state index contributed by atoms with van der Waals surface area (Å²) in [5.41, 5.74) is 9.86. The van der Waals surface area contributed by atoms with Crippen LogP contribution in [0.2, 0.25) is 0 Å². The monoisotopic (exact) mass is 338 g/mol. The standard InChI is InChI=1S/C18H34N4O2/c1-17(23,21-13-7-5-11-19)15-9-3-4-10-16(15)18(2,24)22-14-8-6-12-20/h3-4,9-10,21-24H,5-8,11-14,19-20H2,1-2H3. The van der Waals surface area contributed by atoms with Crippen molar-refractivity contribution in [2.24, 2.45) is 11.5 Å². The van der Waals surface area contributed by atoms with E-state index in [9.17, 15) is 10.2 Å². The summed E-state index contributed by atoms with van der Waals surface area (Å²) in [7, 11) is 0. The van der Waals surface area contributed by atoms with Crippen LogP contribution in [0, 0.1) is 0 Å². The summed E-state index contributed by atoms with van der Waals surface area (Å²) >= 11 is 0. The Morgan fingerprint density at radius 3 is 1.50 bits per heavy atom. The van der Waals surface area contributed by atoms with E-state index in [0.29, 0.717) is 37.3 Å². The molecule has 0 aromatic heterocycles. The molecule has 0 fully saturated rings. The third-order valence-corrected chi connectivity index (χ3v) is 4.18. The molecule has 1 aromatic rings. The van der Waals surface area contributed by atoms with Crippen molar-refractivity contribution in [2.45, 2.75) is 51.0 Å². The van der Waals surface area contributed by atoms with Gasteiger partial charge in [-0.05, 0) is 65.7 Å². The van der Waals surface area contributed by atoms with Gasteiger partial charge in [-0.1, -0.05) is 24.3 Å². The molecule has 0 radical (unpaired) electrons. The zero-order valence-electron chi connectivity index (χ0n) is 15.0. The van der Waals surface area contributed by atoms with E-state index in [2.05, 4.69) is 10.6 Å². The minimum atomic E-state index is -1.23. The second-order valence-corrected chi connectivity index (χ2v) is 6.54. The summed E-state index contributed by atoms with van der Waals surface area (Å²) in [6.07, 6.45) is 3.60. The molecule has 0 saturated heterocycles. The lowest BCUT2D eigenvalue weighted by molar-refractivity contribution is -0.00516. The Morgan fingerprint density at radius 1 is 0.792 bits per heavy atom. The minimum absolute atomic E-state index is 0.641. The topological polar surface area (TPSA) is 117 Å². The molecular formula is C18H34N4O2. The second kappa shape index (κ2) is 10.1. The van der Waals surface area contributed by atoms with E-state index in [1.165, 1.54) is 0 Å². The molecule has 2 unspecified atom stereocenters. The van der Waals surface area contributed by atoms with E-state index in [1.54, 1.807) is 13.8 Å². The van der Waals surface area contributed by atoms with Crippen LogP contribution >= 0.6 is 0 Å². The van der Waals surface area contributed by atoms with Gasteiger partial charge in [-0.15, -0.1) is 0 Å². The van der Waals surface area contributed by atoms with Crippen molar-refractivity contribution < 1.29 is 10.2 Å². The lowest BCUT2D eigenvalue weighted by Gasteiger charge is -2.34. The predicted octanol–water partition coefficient (Wildman–Crippen LogP) is 0.674. The van der Waals surface area contributed by atoms with Crippen molar-refractivity contribution >= 4 is 0 Å². The van der Waals surface area contributed by atoms with Crippen LogP contribution in [0.5, 0.6) is 0 Å². The largest absolute Gasteiger partial charge is 0.372 e. The highest BCUT2D eigenvalue weighted by atomic mass is 16.3. The van der Waals surface area contributed by atoms with E-state index in [-0.39, 0.29) is 0 Å². The molecule has 0 amide bonds. The average molecular weight is 338 g/mol. The van der Waals surface area contributed by atoms with Crippen LogP contribution in [0.25, 0.3) is 0 Å². The van der Waals surface area contributed by atoms with Gasteiger partial charge in [0.1, 0.15) is 11.4 Å². The highest BCUT2D eigenvalue weighted by Gasteiger charge is 2.32. The molecule has 0 aliphatic rings. The summed E-state index contributed by atoms with van der Waals surface area (Å²) in [5.74, 6) is 0. The van der Waals surface area contributed by atoms with Crippen molar-refractivity contribution in [1.29, 1.82) is 0 Å². The fourth-order valence-corrected chi connectivity index (χ4v) is 2.72. The molecule has 24 heavy (non-hydrogen) atoms. The number of unbranched alkanes of at least 4 members (excludes halogenated alkanes) is 2. The van der Waals surface area contributed by atoms with E-state index >= 15 is 0 Å². The number of nitrogens with one attached hydrogen (secondary N) is 2. The lowest BCUT2D eigenvalue weighted by Crippen LogP contribution is -2.46. The normalized spacial score (nSPS) is 16.6. The van der Waals surface area contributed by atoms with Gasteiger partial charge in [0, 0.05) is 11.1 Å². The maximum atomic E-state index is 10.8. The lowest BCUT2D eigenvalue weighted by atomic mass is 9.91. The smallest absolute Gasteiger partial charge is 0.139 e. The molecule has 1 aromatic carbocycles. The Morgan fingerprint density at radius 2 is 1.17 bits per heavy atom. The van der Waals surface area contributed by atoms with E-state index in [4.69, 9.17) is 11.5 Å². The van der Waals surface area contributed by atoms with Gasteiger partial charge in [0.2, 0.25) is 0 Å². The molecule has 0 bridgehead atoms. The fourth-order valence-electron chi connectivity index (χ4n) is 2.72. The summed E-state index contributed by atoms with van der Waals surface area (Å²) in [4.78, 5) is 0. The fraction of sp³-hybridized carbons (Fsp3) is 0.667. The minimum Gasteiger partial charge on any atom is -0.372 e. The number of nitrogens with two attached hydrogens (primary N) is 2. The molecule has 8 N–H and O–H groups in total. The average Bonchev–Trinajstić information content (AvgIpc) is 2.56. The first kappa shape index (κ1) is 21.0. The van der Waals surface area contributed by atoms with E-state index in [0.717, 1.165) is 25.7 Å². The molecule has 0 heterocycles. The first-order valence-corrected chi connectivity index (χ1v) is 8.80. The second-order valence-electron chi connectivity index (χ2n) is 6.54. The number of benzene rings is 1. The Hall–Kier alpha value is -1.02. The van der Waals surface area contributed by atoms with Crippen LogP contribution in [0.4, 0.5) is 0 Å². The van der Waals surface area contributed by atoms with Gasteiger partial charge in [0.15, 0.2) is 0 Å². The third-order valence-electron chi connectivity index (χ3n) is 4.18. The number of aliphatic hydroxyl groups is 2. The molecule has 6 heteroatoms. The molecule has 6 nitrogen and oxygen atoms in total.